The van der Waals surface area contributed by atoms with Crippen molar-refractivity contribution in [3.8, 4) is 22.5 Å². The lowest BCUT2D eigenvalue weighted by Crippen LogP contribution is -2.02. The summed E-state index contributed by atoms with van der Waals surface area (Å²) in [4.78, 5) is 8.66. The first-order valence-corrected chi connectivity index (χ1v) is 10.1. The van der Waals surface area contributed by atoms with Crippen LogP contribution in [-0.2, 0) is 11.5 Å². The van der Waals surface area contributed by atoms with Crippen LogP contribution in [0, 0.1) is 12.7 Å². The summed E-state index contributed by atoms with van der Waals surface area (Å²) in [5.41, 5.74) is 5.62. The maximum absolute atomic E-state index is 14.5. The Morgan fingerprint density at radius 2 is 1.84 bits per heavy atom. The second-order valence-corrected chi connectivity index (χ2v) is 7.48. The Morgan fingerprint density at radius 3 is 2.59 bits per heavy atom. The molecule has 0 fully saturated rings. The van der Waals surface area contributed by atoms with Crippen LogP contribution >= 0.6 is 0 Å². The summed E-state index contributed by atoms with van der Waals surface area (Å²) in [7, 11) is 1.66. The number of nitrogens with one attached hydrogen (secondary N) is 2. The van der Waals surface area contributed by atoms with E-state index in [4.69, 9.17) is 4.74 Å². The molecule has 5 aromatic rings. The molecule has 7 nitrogen and oxygen atoms in total. The highest BCUT2D eigenvalue weighted by Gasteiger charge is 2.12. The monoisotopic (exact) mass is 428 g/mol. The van der Waals surface area contributed by atoms with Crippen LogP contribution < -0.4 is 5.32 Å². The van der Waals surface area contributed by atoms with Crippen LogP contribution in [0.15, 0.2) is 67.1 Å². The van der Waals surface area contributed by atoms with Crippen LogP contribution in [0.25, 0.3) is 33.4 Å². The number of halogens is 1. The topological polar surface area (TPSA) is 80.6 Å². The van der Waals surface area contributed by atoms with Gasteiger partial charge in [0.1, 0.15) is 6.73 Å². The number of nitrogens with zero attached hydrogens (tertiary/aromatic N) is 4. The van der Waals surface area contributed by atoms with Gasteiger partial charge in [-0.3, -0.25) is 5.10 Å². The summed E-state index contributed by atoms with van der Waals surface area (Å²) in [6, 6.07) is 15.7. The molecule has 3 heterocycles. The standard InChI is InChI=1S/C24H21FN6O/c1-15-9-17-3-4-18(10-22(17)31(15)14-32-2)23-26-13-21(25)24(30-23)29-20-7-5-16(6-8-20)19-11-27-28-12-19/h3-13H,14H2,1-2H3,(H,27,28)(H,26,29,30). The Balaban J connectivity index is 1.45. The zero-order valence-electron chi connectivity index (χ0n) is 17.6. The molecule has 8 heteroatoms. The molecule has 0 atom stereocenters. The van der Waals surface area contributed by atoms with Gasteiger partial charge >= 0.3 is 0 Å². The fourth-order valence-electron chi connectivity index (χ4n) is 3.72. The summed E-state index contributed by atoms with van der Waals surface area (Å²) in [6.45, 7) is 2.48. The van der Waals surface area contributed by atoms with Crippen LogP contribution in [0.4, 0.5) is 15.9 Å². The van der Waals surface area contributed by atoms with Crippen molar-refractivity contribution in [1.82, 2.24) is 24.7 Å². The molecular weight excluding hydrogens is 407 g/mol. The van der Waals surface area contributed by atoms with E-state index >= 15 is 0 Å². The van der Waals surface area contributed by atoms with E-state index in [-0.39, 0.29) is 5.82 Å². The molecule has 160 valence electrons. The van der Waals surface area contributed by atoms with Crippen molar-refractivity contribution in [2.45, 2.75) is 13.7 Å². The Hall–Kier alpha value is -4.04. The van der Waals surface area contributed by atoms with Crippen molar-refractivity contribution in [3.63, 3.8) is 0 Å². The molecule has 0 aliphatic heterocycles. The number of rotatable bonds is 6. The molecule has 0 amide bonds. The average molecular weight is 428 g/mol. The van der Waals surface area contributed by atoms with Crippen LogP contribution in [0.5, 0.6) is 0 Å². The number of aromatic nitrogens is 5. The summed E-state index contributed by atoms with van der Waals surface area (Å²) in [5.74, 6) is 0.0376. The van der Waals surface area contributed by atoms with E-state index in [2.05, 4.69) is 36.1 Å². The van der Waals surface area contributed by atoms with E-state index in [1.54, 1.807) is 13.3 Å². The fourth-order valence-corrected chi connectivity index (χ4v) is 3.72. The predicted octanol–water partition coefficient (Wildman–Crippen LogP) is 5.28. The number of aromatic amines is 1. The van der Waals surface area contributed by atoms with Gasteiger partial charge < -0.3 is 14.6 Å². The van der Waals surface area contributed by atoms with Crippen molar-refractivity contribution in [2.75, 3.05) is 12.4 Å². The second-order valence-electron chi connectivity index (χ2n) is 7.48. The number of fused-ring (bicyclic) bond motifs is 1. The van der Waals surface area contributed by atoms with Gasteiger partial charge in [0.05, 0.1) is 17.9 Å². The van der Waals surface area contributed by atoms with Crippen molar-refractivity contribution in [3.05, 3.63) is 78.6 Å². The molecule has 0 radical (unpaired) electrons. The van der Waals surface area contributed by atoms with Gasteiger partial charge in [0.15, 0.2) is 17.5 Å². The van der Waals surface area contributed by atoms with Gasteiger partial charge in [-0.2, -0.15) is 5.10 Å². The van der Waals surface area contributed by atoms with Crippen LogP contribution in [0.1, 0.15) is 5.69 Å². The number of hydrogen-bond acceptors (Lipinski definition) is 5. The minimum atomic E-state index is -0.521. The Kier molecular flexibility index (Phi) is 5.12. The van der Waals surface area contributed by atoms with Crippen LogP contribution in [0.2, 0.25) is 0 Å². The molecule has 0 saturated heterocycles. The van der Waals surface area contributed by atoms with E-state index in [0.717, 1.165) is 39.0 Å². The van der Waals surface area contributed by atoms with Gasteiger partial charge in [-0.15, -0.1) is 0 Å². The maximum atomic E-state index is 14.5. The molecule has 0 spiro atoms. The third kappa shape index (κ3) is 3.72. The smallest absolute Gasteiger partial charge is 0.184 e. The lowest BCUT2D eigenvalue weighted by Gasteiger charge is -2.10. The van der Waals surface area contributed by atoms with Crippen molar-refractivity contribution >= 4 is 22.4 Å². The average Bonchev–Trinajstić information content (AvgIpc) is 3.44. The number of methoxy groups -OCH3 is 1. The number of hydrogen-bond donors (Lipinski definition) is 2. The van der Waals surface area contributed by atoms with Gasteiger partial charge in [-0.25, -0.2) is 14.4 Å². The SMILES string of the molecule is COCn1c(C)cc2ccc(-c3ncc(F)c(Nc4ccc(-c5cn[nH]c5)cc4)n3)cc21. The maximum Gasteiger partial charge on any atom is 0.184 e. The highest BCUT2D eigenvalue weighted by Crippen LogP contribution is 2.28. The van der Waals surface area contributed by atoms with E-state index < -0.39 is 5.82 Å². The molecule has 32 heavy (non-hydrogen) atoms. The number of ether oxygens (including phenoxy) is 1. The number of H-pyrrole nitrogens is 1. The van der Waals surface area contributed by atoms with E-state index in [1.165, 1.54) is 6.20 Å². The molecule has 0 unspecified atom stereocenters. The first-order chi connectivity index (χ1) is 15.6. The normalized spacial score (nSPS) is 11.2. The minimum absolute atomic E-state index is 0.120. The number of benzene rings is 2. The fraction of sp³-hybridized carbons (Fsp3) is 0.125. The largest absolute Gasteiger partial charge is 0.364 e. The highest BCUT2D eigenvalue weighted by molar-refractivity contribution is 5.85. The molecule has 2 N–H and O–H groups in total. The Bertz CT molecular complexity index is 1380. The zero-order chi connectivity index (χ0) is 22.1. The molecule has 3 aromatic heterocycles. The minimum Gasteiger partial charge on any atom is -0.364 e. The van der Waals surface area contributed by atoms with E-state index in [1.807, 2.05) is 55.6 Å². The summed E-state index contributed by atoms with van der Waals surface area (Å²) in [6.07, 6.45) is 4.76. The molecule has 2 aromatic carbocycles. The highest BCUT2D eigenvalue weighted by atomic mass is 19.1. The van der Waals surface area contributed by atoms with Crippen molar-refractivity contribution in [2.24, 2.45) is 0 Å². The predicted molar refractivity (Wildman–Crippen MR) is 122 cm³/mol. The third-order valence-corrected chi connectivity index (χ3v) is 5.35. The van der Waals surface area contributed by atoms with Crippen molar-refractivity contribution < 1.29 is 9.13 Å². The molecule has 5 rings (SSSR count). The lowest BCUT2D eigenvalue weighted by molar-refractivity contribution is 0.133. The Morgan fingerprint density at radius 1 is 1.03 bits per heavy atom. The van der Waals surface area contributed by atoms with Crippen molar-refractivity contribution in [1.29, 1.82) is 0 Å². The second kappa shape index (κ2) is 8.24. The molecule has 0 aliphatic carbocycles. The van der Waals surface area contributed by atoms with Gasteiger partial charge in [0.2, 0.25) is 0 Å². The van der Waals surface area contributed by atoms with E-state index in [9.17, 15) is 4.39 Å². The molecule has 0 aliphatic rings. The van der Waals surface area contributed by atoms with Gasteiger partial charge in [-0.1, -0.05) is 24.3 Å². The van der Waals surface area contributed by atoms with Crippen LogP contribution in [-0.4, -0.2) is 31.8 Å². The quantitative estimate of drug-likeness (QED) is 0.384. The third-order valence-electron chi connectivity index (χ3n) is 5.35. The Labute approximate surface area is 183 Å². The molecule has 0 bridgehead atoms. The first kappa shape index (κ1) is 19.9. The van der Waals surface area contributed by atoms with Gasteiger partial charge in [0, 0.05) is 35.8 Å². The zero-order valence-corrected chi connectivity index (χ0v) is 17.6. The van der Waals surface area contributed by atoms with E-state index in [0.29, 0.717) is 12.6 Å². The number of aryl methyl sites for hydroxylation is 1. The summed E-state index contributed by atoms with van der Waals surface area (Å²) < 4.78 is 21.9. The van der Waals surface area contributed by atoms with Crippen LogP contribution in [0.3, 0.4) is 0 Å². The number of anilines is 2. The molecule has 0 saturated carbocycles. The first-order valence-electron chi connectivity index (χ1n) is 10.1. The summed E-state index contributed by atoms with van der Waals surface area (Å²) >= 11 is 0. The van der Waals surface area contributed by atoms with Gasteiger partial charge in [0.25, 0.3) is 0 Å². The molecular formula is C24H21FN6O. The van der Waals surface area contributed by atoms with Gasteiger partial charge in [-0.05, 0) is 42.1 Å². The summed E-state index contributed by atoms with van der Waals surface area (Å²) in [5, 5.41) is 10.9. The lowest BCUT2D eigenvalue weighted by atomic mass is 10.1.